The van der Waals surface area contributed by atoms with Gasteiger partial charge in [-0.25, -0.2) is 4.79 Å². The topological polar surface area (TPSA) is 79.8 Å². The van der Waals surface area contributed by atoms with Crippen LogP contribution in [0.1, 0.15) is 50.7 Å². The molecule has 2 aliphatic rings. The number of carboxylic acid groups (broad SMARTS) is 1. The summed E-state index contributed by atoms with van der Waals surface area (Å²) in [4.78, 5) is 9.90. The van der Waals surface area contributed by atoms with Gasteiger partial charge in [-0.2, -0.15) is 0 Å². The van der Waals surface area contributed by atoms with Crippen LogP contribution in [0.4, 0.5) is 4.79 Å². The quantitative estimate of drug-likeness (QED) is 0.763. The lowest BCUT2D eigenvalue weighted by atomic mass is 9.91. The lowest BCUT2D eigenvalue weighted by molar-refractivity contribution is 0.184. The maximum Gasteiger partial charge on any atom is 0.405 e. The predicted octanol–water partition coefficient (Wildman–Crippen LogP) is 3.18. The van der Waals surface area contributed by atoms with E-state index in [0.717, 1.165) is 30.5 Å². The molecule has 6 nitrogen and oxygen atoms in total. The molecule has 0 saturated carbocycles. The first kappa shape index (κ1) is 19.4. The number of benzene rings is 1. The standard InChI is InChI=1S/C14H19NO2.C5H11NO2/c1-8-9-4-13(16-2)14(17-3)5-10(9)12-7-15-6-11(8)12;1-5(2,3)6-4(7)8/h4-5,8,11-12,15H,6-7H2,1-3H3;6H,1-3H3,(H,7,8). The third kappa shape index (κ3) is 4.37. The van der Waals surface area contributed by atoms with Crippen molar-refractivity contribution < 1.29 is 19.4 Å². The van der Waals surface area contributed by atoms with Crippen LogP contribution in [0.5, 0.6) is 11.5 Å². The van der Waals surface area contributed by atoms with E-state index in [2.05, 4.69) is 29.7 Å². The first-order valence-electron chi connectivity index (χ1n) is 8.65. The molecule has 3 rings (SSSR count). The van der Waals surface area contributed by atoms with Gasteiger partial charge in [-0.3, -0.25) is 0 Å². The van der Waals surface area contributed by atoms with Gasteiger partial charge in [-0.15, -0.1) is 0 Å². The number of fused-ring (bicyclic) bond motifs is 3. The maximum atomic E-state index is 9.90. The van der Waals surface area contributed by atoms with Gasteiger partial charge in [0.25, 0.3) is 0 Å². The van der Waals surface area contributed by atoms with Crippen molar-refractivity contribution in [2.45, 2.75) is 45.1 Å². The molecule has 3 atom stereocenters. The summed E-state index contributed by atoms with van der Waals surface area (Å²) in [5, 5.41) is 13.9. The van der Waals surface area contributed by atoms with E-state index in [9.17, 15) is 4.79 Å². The zero-order valence-corrected chi connectivity index (χ0v) is 16.0. The van der Waals surface area contributed by atoms with Crippen LogP contribution in [0.3, 0.4) is 0 Å². The molecule has 1 aliphatic heterocycles. The van der Waals surface area contributed by atoms with Crippen molar-refractivity contribution in [3.8, 4) is 11.5 Å². The van der Waals surface area contributed by atoms with Gasteiger partial charge in [0, 0.05) is 18.0 Å². The Morgan fingerprint density at radius 3 is 2.16 bits per heavy atom. The fraction of sp³-hybridized carbons (Fsp3) is 0.632. The summed E-state index contributed by atoms with van der Waals surface area (Å²) < 4.78 is 10.8. The van der Waals surface area contributed by atoms with E-state index in [1.54, 1.807) is 35.0 Å². The van der Waals surface area contributed by atoms with E-state index in [4.69, 9.17) is 14.6 Å². The molecule has 1 fully saturated rings. The Hall–Kier alpha value is -1.95. The van der Waals surface area contributed by atoms with Gasteiger partial charge >= 0.3 is 6.09 Å². The summed E-state index contributed by atoms with van der Waals surface area (Å²) in [6.45, 7) is 9.93. The summed E-state index contributed by atoms with van der Waals surface area (Å²) in [6, 6.07) is 4.33. The highest BCUT2D eigenvalue weighted by Gasteiger charge is 2.41. The maximum absolute atomic E-state index is 9.90. The molecule has 6 heteroatoms. The van der Waals surface area contributed by atoms with Crippen molar-refractivity contribution in [3.63, 3.8) is 0 Å². The van der Waals surface area contributed by atoms with Crippen LogP contribution in [0.15, 0.2) is 12.1 Å². The summed E-state index contributed by atoms with van der Waals surface area (Å²) >= 11 is 0. The molecule has 3 unspecified atom stereocenters. The van der Waals surface area contributed by atoms with Gasteiger partial charge in [-0.05, 0) is 62.4 Å². The molecule has 1 aromatic carbocycles. The molecule has 140 valence electrons. The Kier molecular flexibility index (Phi) is 5.83. The smallest absolute Gasteiger partial charge is 0.405 e. The summed E-state index contributed by atoms with van der Waals surface area (Å²) in [5.41, 5.74) is 2.57. The normalized spacial score (nSPS) is 23.8. The second kappa shape index (κ2) is 7.52. The van der Waals surface area contributed by atoms with Crippen LogP contribution in [-0.2, 0) is 0 Å². The average Bonchev–Trinajstić information content (AvgIpc) is 3.08. The Labute approximate surface area is 149 Å². The second-order valence-corrected chi connectivity index (χ2v) is 7.73. The highest BCUT2D eigenvalue weighted by atomic mass is 16.5. The molecule has 1 aromatic rings. The van der Waals surface area contributed by atoms with E-state index in [1.807, 2.05) is 0 Å². The molecule has 0 radical (unpaired) electrons. The van der Waals surface area contributed by atoms with Gasteiger partial charge in [0.2, 0.25) is 0 Å². The van der Waals surface area contributed by atoms with Gasteiger partial charge in [0.05, 0.1) is 14.2 Å². The zero-order chi connectivity index (χ0) is 18.8. The molecule has 25 heavy (non-hydrogen) atoms. The minimum atomic E-state index is -0.975. The first-order valence-corrected chi connectivity index (χ1v) is 8.65. The van der Waals surface area contributed by atoms with E-state index in [-0.39, 0.29) is 5.54 Å². The number of nitrogens with one attached hydrogen (secondary N) is 2. The Balaban J connectivity index is 0.000000242. The van der Waals surface area contributed by atoms with Gasteiger partial charge in [0.1, 0.15) is 0 Å². The molecule has 1 amide bonds. The number of hydrogen-bond acceptors (Lipinski definition) is 4. The molecule has 1 aliphatic carbocycles. The summed E-state index contributed by atoms with van der Waals surface area (Å²) in [6.07, 6.45) is -0.975. The fourth-order valence-corrected chi connectivity index (χ4v) is 3.74. The second-order valence-electron chi connectivity index (χ2n) is 7.73. The minimum absolute atomic E-state index is 0.328. The summed E-state index contributed by atoms with van der Waals surface area (Å²) in [7, 11) is 3.40. The number of amides is 1. The van der Waals surface area contributed by atoms with Crippen molar-refractivity contribution in [2.75, 3.05) is 27.3 Å². The Morgan fingerprint density at radius 2 is 1.72 bits per heavy atom. The predicted molar refractivity (Wildman–Crippen MR) is 98.0 cm³/mol. The molecule has 0 bridgehead atoms. The number of methoxy groups -OCH3 is 2. The third-order valence-corrected chi connectivity index (χ3v) is 4.86. The lowest BCUT2D eigenvalue weighted by Crippen LogP contribution is -2.39. The van der Waals surface area contributed by atoms with Crippen LogP contribution in [0.2, 0.25) is 0 Å². The number of carbonyl (C=O) groups is 1. The first-order chi connectivity index (χ1) is 11.7. The molecule has 3 N–H and O–H groups in total. The van der Waals surface area contributed by atoms with Crippen molar-refractivity contribution >= 4 is 6.09 Å². The van der Waals surface area contributed by atoms with E-state index >= 15 is 0 Å². The SMILES string of the molecule is CC(C)(C)NC(=O)O.COc1cc2c(cc1OC)C1CNCC1C2C. The number of ether oxygens (including phenoxy) is 2. The molecular weight excluding hydrogens is 320 g/mol. The highest BCUT2D eigenvalue weighted by Crippen LogP contribution is 2.50. The third-order valence-electron chi connectivity index (χ3n) is 4.86. The van der Waals surface area contributed by atoms with Crippen LogP contribution in [0.25, 0.3) is 0 Å². The van der Waals surface area contributed by atoms with Crippen molar-refractivity contribution in [1.82, 2.24) is 10.6 Å². The Morgan fingerprint density at radius 1 is 1.16 bits per heavy atom. The lowest BCUT2D eigenvalue weighted by Gasteiger charge is -2.16. The summed E-state index contributed by atoms with van der Waals surface area (Å²) in [5.74, 6) is 3.71. The van der Waals surface area contributed by atoms with Crippen molar-refractivity contribution in [3.05, 3.63) is 23.3 Å². The van der Waals surface area contributed by atoms with E-state index < -0.39 is 6.09 Å². The molecule has 0 aromatic heterocycles. The van der Waals surface area contributed by atoms with Crippen LogP contribution >= 0.6 is 0 Å². The minimum Gasteiger partial charge on any atom is -0.493 e. The molecular formula is C19H30N2O4. The highest BCUT2D eigenvalue weighted by molar-refractivity contribution is 5.65. The van der Waals surface area contributed by atoms with Crippen LogP contribution < -0.4 is 20.1 Å². The van der Waals surface area contributed by atoms with Crippen molar-refractivity contribution in [1.29, 1.82) is 0 Å². The van der Waals surface area contributed by atoms with Gasteiger partial charge in [-0.1, -0.05) is 6.92 Å². The largest absolute Gasteiger partial charge is 0.493 e. The van der Waals surface area contributed by atoms with Gasteiger partial charge < -0.3 is 25.2 Å². The fourth-order valence-electron chi connectivity index (χ4n) is 3.74. The molecule has 1 saturated heterocycles. The molecule has 1 heterocycles. The number of hydrogen-bond donors (Lipinski definition) is 3. The van der Waals surface area contributed by atoms with Gasteiger partial charge in [0.15, 0.2) is 11.5 Å². The molecule has 0 spiro atoms. The Bertz CT molecular complexity index is 625. The van der Waals surface area contributed by atoms with Crippen molar-refractivity contribution in [2.24, 2.45) is 5.92 Å². The monoisotopic (exact) mass is 350 g/mol. The average molecular weight is 350 g/mol. The van der Waals surface area contributed by atoms with E-state index in [0.29, 0.717) is 11.8 Å². The van der Waals surface area contributed by atoms with Crippen LogP contribution in [0, 0.1) is 5.92 Å². The zero-order valence-electron chi connectivity index (χ0n) is 16.0. The van der Waals surface area contributed by atoms with E-state index in [1.165, 1.54) is 11.1 Å². The van der Waals surface area contributed by atoms with Crippen LogP contribution in [-0.4, -0.2) is 44.0 Å². The number of rotatable bonds is 2.